The van der Waals surface area contributed by atoms with E-state index in [0.717, 1.165) is 11.3 Å². The van der Waals surface area contributed by atoms with Crippen molar-refractivity contribution in [2.75, 3.05) is 12.8 Å². The van der Waals surface area contributed by atoms with Gasteiger partial charge in [0.25, 0.3) is 5.91 Å². The normalized spacial score (nSPS) is 15.5. The molecule has 2 heterocycles. The molecule has 1 aliphatic heterocycles. The van der Waals surface area contributed by atoms with Crippen LogP contribution in [0, 0.1) is 0 Å². The minimum Gasteiger partial charge on any atom is -0.534 e. The SMILES string of the molecule is COC(=O)CCc1cc2c(c(C(=O)O)c1)OB(O)C(NC(=O)C(=NO)c1csc(N)n1)C2. The van der Waals surface area contributed by atoms with E-state index in [1.165, 1.54) is 18.6 Å². The van der Waals surface area contributed by atoms with Gasteiger partial charge in [-0.1, -0.05) is 11.2 Å². The second-order valence-electron chi connectivity index (χ2n) is 6.82. The molecule has 0 fully saturated rings. The summed E-state index contributed by atoms with van der Waals surface area (Å²) >= 11 is 1.05. The topological polar surface area (TPSA) is 194 Å². The lowest BCUT2D eigenvalue weighted by Gasteiger charge is -2.29. The Balaban J connectivity index is 1.83. The molecular weight excluding hydrogens is 443 g/mol. The van der Waals surface area contributed by atoms with Crippen LogP contribution in [0.15, 0.2) is 22.7 Å². The molecule has 0 bridgehead atoms. The second kappa shape index (κ2) is 9.66. The van der Waals surface area contributed by atoms with Gasteiger partial charge in [0.15, 0.2) is 10.8 Å². The number of ether oxygens (including phenoxy) is 1. The van der Waals surface area contributed by atoms with Crippen LogP contribution in [0.3, 0.4) is 0 Å². The molecule has 1 aromatic heterocycles. The van der Waals surface area contributed by atoms with E-state index >= 15 is 0 Å². The van der Waals surface area contributed by atoms with Crippen molar-refractivity contribution in [3.8, 4) is 5.75 Å². The molecule has 14 heteroatoms. The first-order chi connectivity index (χ1) is 15.2. The minimum absolute atomic E-state index is 0.0203. The van der Waals surface area contributed by atoms with Crippen LogP contribution in [0.1, 0.15) is 33.6 Å². The average molecular weight is 462 g/mol. The highest BCUT2D eigenvalue weighted by Crippen LogP contribution is 2.32. The fourth-order valence-corrected chi connectivity index (χ4v) is 3.75. The van der Waals surface area contributed by atoms with Crippen molar-refractivity contribution in [2.45, 2.75) is 25.2 Å². The van der Waals surface area contributed by atoms with Crippen molar-refractivity contribution in [3.05, 3.63) is 39.9 Å². The lowest BCUT2D eigenvalue weighted by Crippen LogP contribution is -2.54. The smallest absolute Gasteiger partial charge is 0.534 e. The Morgan fingerprint density at radius 2 is 2.19 bits per heavy atom. The first kappa shape index (κ1) is 23.0. The number of aryl methyl sites for hydroxylation is 1. The van der Waals surface area contributed by atoms with Crippen molar-refractivity contribution in [1.29, 1.82) is 0 Å². The molecule has 3 rings (SSSR count). The number of methoxy groups -OCH3 is 1. The number of amides is 1. The van der Waals surface area contributed by atoms with Crippen LogP contribution < -0.4 is 15.7 Å². The first-order valence-electron chi connectivity index (χ1n) is 9.28. The number of anilines is 1. The standard InChI is InChI=1S/C18H19BN4O8S/c1-30-13(24)3-2-8-4-9-6-12(19(28)31-15(9)10(5-8)17(26)27)22-16(25)14(23-29)11-7-32-18(20)21-11/h4-5,7,12,28-29H,2-3,6H2,1H3,(H2,20,21)(H,22,25)(H,26,27). The largest absolute Gasteiger partial charge is 0.547 e. The van der Waals surface area contributed by atoms with Crippen molar-refractivity contribution in [3.63, 3.8) is 0 Å². The van der Waals surface area contributed by atoms with E-state index in [2.05, 4.69) is 20.2 Å². The zero-order valence-corrected chi connectivity index (χ0v) is 17.6. The Bertz CT molecular complexity index is 1090. The predicted octanol–water partition coefficient (Wildman–Crippen LogP) is -0.153. The van der Waals surface area contributed by atoms with E-state index in [4.69, 9.17) is 10.4 Å². The van der Waals surface area contributed by atoms with E-state index in [1.54, 1.807) is 6.07 Å². The van der Waals surface area contributed by atoms with Crippen LogP contribution in [0.25, 0.3) is 0 Å². The summed E-state index contributed by atoms with van der Waals surface area (Å²) in [5, 5.41) is 36.2. The highest BCUT2D eigenvalue weighted by atomic mass is 32.1. The minimum atomic E-state index is -1.56. The quantitative estimate of drug-likeness (QED) is 0.121. The molecule has 168 valence electrons. The molecule has 0 saturated carbocycles. The number of rotatable bonds is 7. The molecule has 1 amide bonds. The number of nitrogens with two attached hydrogens (primary N) is 1. The van der Waals surface area contributed by atoms with Crippen LogP contribution in [0.4, 0.5) is 5.13 Å². The Labute approximate surface area is 185 Å². The van der Waals surface area contributed by atoms with E-state index in [9.17, 15) is 29.7 Å². The third kappa shape index (κ3) is 4.98. The van der Waals surface area contributed by atoms with Crippen molar-refractivity contribution >= 4 is 47.1 Å². The number of aromatic nitrogens is 1. The molecule has 1 aliphatic rings. The summed E-state index contributed by atoms with van der Waals surface area (Å²) in [5.41, 5.74) is 5.97. The fourth-order valence-electron chi connectivity index (χ4n) is 3.21. The van der Waals surface area contributed by atoms with E-state index < -0.39 is 36.6 Å². The zero-order valence-electron chi connectivity index (χ0n) is 16.8. The fraction of sp³-hybridized carbons (Fsp3) is 0.278. The van der Waals surface area contributed by atoms with Gasteiger partial charge in [0.2, 0.25) is 0 Å². The molecule has 0 radical (unpaired) electrons. The maximum absolute atomic E-state index is 12.6. The molecule has 6 N–H and O–H groups in total. The summed E-state index contributed by atoms with van der Waals surface area (Å²) in [6.45, 7) is 0. The number of carboxylic acid groups (broad SMARTS) is 1. The molecule has 1 unspecified atom stereocenters. The Hall–Kier alpha value is -3.65. The molecule has 0 saturated heterocycles. The van der Waals surface area contributed by atoms with Crippen molar-refractivity contribution in [2.24, 2.45) is 5.16 Å². The van der Waals surface area contributed by atoms with Gasteiger partial charge in [-0.25, -0.2) is 9.78 Å². The van der Waals surface area contributed by atoms with Gasteiger partial charge in [-0.3, -0.25) is 9.59 Å². The summed E-state index contributed by atoms with van der Waals surface area (Å²) in [5.74, 6) is -3.57. The number of hydrogen-bond donors (Lipinski definition) is 5. The highest BCUT2D eigenvalue weighted by molar-refractivity contribution is 7.13. The maximum Gasteiger partial charge on any atom is 0.547 e. The van der Waals surface area contributed by atoms with E-state index in [1.807, 2.05) is 0 Å². The number of esters is 1. The summed E-state index contributed by atoms with van der Waals surface area (Å²) < 4.78 is 10.00. The number of nitrogens with zero attached hydrogens (tertiary/aromatic N) is 2. The first-order valence-corrected chi connectivity index (χ1v) is 10.2. The van der Waals surface area contributed by atoms with Gasteiger partial charge in [0.1, 0.15) is 17.0 Å². The molecule has 12 nitrogen and oxygen atoms in total. The summed E-state index contributed by atoms with van der Waals surface area (Å²) in [7, 11) is -0.310. The van der Waals surface area contributed by atoms with E-state index in [0.29, 0.717) is 11.1 Å². The maximum atomic E-state index is 12.6. The summed E-state index contributed by atoms with van der Waals surface area (Å²) in [6, 6.07) is 3.00. The van der Waals surface area contributed by atoms with Gasteiger partial charge in [-0.15, -0.1) is 11.3 Å². The van der Waals surface area contributed by atoms with Gasteiger partial charge in [0, 0.05) is 11.8 Å². The lowest BCUT2D eigenvalue weighted by molar-refractivity contribution is -0.140. The number of carbonyl (C=O) groups excluding carboxylic acids is 2. The second-order valence-corrected chi connectivity index (χ2v) is 7.71. The molecule has 2 aromatic rings. The number of carboxylic acids is 1. The number of fused-ring (bicyclic) bond motifs is 1. The number of nitrogens with one attached hydrogen (secondary N) is 1. The van der Waals surface area contributed by atoms with Crippen LogP contribution >= 0.6 is 11.3 Å². The number of benzene rings is 1. The van der Waals surface area contributed by atoms with Crippen molar-refractivity contribution < 1.29 is 39.1 Å². The number of oxime groups is 1. The number of thiazole rings is 1. The van der Waals surface area contributed by atoms with Gasteiger partial charge in [-0.05, 0) is 30.0 Å². The zero-order chi connectivity index (χ0) is 23.4. The molecular formula is C18H19BN4O8S. The van der Waals surface area contributed by atoms with Gasteiger partial charge >= 0.3 is 19.1 Å². The molecule has 0 aliphatic carbocycles. The van der Waals surface area contributed by atoms with E-state index in [-0.39, 0.29) is 41.4 Å². The Morgan fingerprint density at radius 3 is 2.78 bits per heavy atom. The highest BCUT2D eigenvalue weighted by Gasteiger charge is 2.39. The summed E-state index contributed by atoms with van der Waals surface area (Å²) in [6.07, 6.45) is 0.296. The third-order valence-corrected chi connectivity index (χ3v) is 5.39. The van der Waals surface area contributed by atoms with Gasteiger partial charge in [0.05, 0.1) is 13.1 Å². The van der Waals surface area contributed by atoms with Gasteiger partial charge in [-0.2, -0.15) is 0 Å². The molecule has 0 spiro atoms. The third-order valence-electron chi connectivity index (χ3n) is 4.72. The molecule has 1 aromatic carbocycles. The predicted molar refractivity (Wildman–Crippen MR) is 113 cm³/mol. The number of aromatic carboxylic acids is 1. The van der Waals surface area contributed by atoms with Crippen LogP contribution in [-0.4, -0.2) is 64.0 Å². The Kier molecular flexibility index (Phi) is 6.95. The number of nitrogen functional groups attached to an aromatic ring is 1. The average Bonchev–Trinajstić information content (AvgIpc) is 3.18. The lowest BCUT2D eigenvalue weighted by atomic mass is 9.72. The van der Waals surface area contributed by atoms with Crippen LogP contribution in [0.5, 0.6) is 5.75 Å². The van der Waals surface area contributed by atoms with Crippen LogP contribution in [-0.2, 0) is 27.2 Å². The number of hydrogen-bond acceptors (Lipinski definition) is 11. The van der Waals surface area contributed by atoms with Gasteiger partial charge < -0.3 is 35.8 Å². The summed E-state index contributed by atoms with van der Waals surface area (Å²) in [4.78, 5) is 39.6. The molecule has 32 heavy (non-hydrogen) atoms. The molecule has 1 atom stereocenters. The monoisotopic (exact) mass is 462 g/mol. The van der Waals surface area contributed by atoms with Crippen LogP contribution in [0.2, 0.25) is 0 Å². The number of carbonyl (C=O) groups is 3. The Morgan fingerprint density at radius 1 is 1.44 bits per heavy atom. The van der Waals surface area contributed by atoms with Crippen molar-refractivity contribution in [1.82, 2.24) is 10.3 Å².